The smallest absolute Gasteiger partial charge is 0.371 e. The number of anilines is 1. The highest BCUT2D eigenvalue weighted by Crippen LogP contribution is 2.34. The normalized spacial score (nSPS) is 24.0. The summed E-state index contributed by atoms with van der Waals surface area (Å²) in [6, 6.07) is 3.89. The van der Waals surface area contributed by atoms with Crippen LogP contribution in [0.15, 0.2) is 18.2 Å². The molecule has 1 aromatic carbocycles. The van der Waals surface area contributed by atoms with Crippen molar-refractivity contribution in [3.8, 4) is 0 Å². The average molecular weight is 286 g/mol. The highest BCUT2D eigenvalue weighted by atomic mass is 19.4. The van der Waals surface area contributed by atoms with Crippen LogP contribution >= 0.6 is 0 Å². The quantitative estimate of drug-likeness (QED) is 0.899. The van der Waals surface area contributed by atoms with Gasteiger partial charge in [-0.1, -0.05) is 13.8 Å². The zero-order valence-corrected chi connectivity index (χ0v) is 11.9. The Balaban J connectivity index is 2.28. The molecule has 0 radical (unpaired) electrons. The first-order valence-corrected chi connectivity index (χ1v) is 6.98. The molecule has 2 N–H and O–H groups in total. The van der Waals surface area contributed by atoms with Crippen molar-refractivity contribution < 1.29 is 13.2 Å². The number of hydrogen-bond donors (Lipinski definition) is 1. The average Bonchev–Trinajstić information content (AvgIpc) is 2.40. The highest BCUT2D eigenvalue weighted by molar-refractivity contribution is 5.55. The van der Waals surface area contributed by atoms with E-state index in [-0.39, 0.29) is 6.54 Å². The van der Waals surface area contributed by atoms with E-state index in [2.05, 4.69) is 18.7 Å². The third kappa shape index (κ3) is 3.08. The number of benzene rings is 1. The van der Waals surface area contributed by atoms with Crippen LogP contribution in [0.2, 0.25) is 0 Å². The molecule has 5 heteroatoms. The summed E-state index contributed by atoms with van der Waals surface area (Å²) in [4.78, 5) is 2.16. The topological polar surface area (TPSA) is 29.3 Å². The van der Waals surface area contributed by atoms with Crippen LogP contribution in [0.25, 0.3) is 0 Å². The van der Waals surface area contributed by atoms with E-state index in [4.69, 9.17) is 5.73 Å². The molecule has 2 rings (SSSR count). The van der Waals surface area contributed by atoms with Crippen molar-refractivity contribution in [1.29, 1.82) is 0 Å². The van der Waals surface area contributed by atoms with Crippen LogP contribution < -0.4 is 10.6 Å². The lowest BCUT2D eigenvalue weighted by Gasteiger charge is -2.37. The Bertz CT molecular complexity index is 471. The van der Waals surface area contributed by atoms with Crippen molar-refractivity contribution in [2.75, 3.05) is 18.0 Å². The Morgan fingerprint density at radius 1 is 1.25 bits per heavy atom. The molecule has 2 unspecified atom stereocenters. The summed E-state index contributed by atoms with van der Waals surface area (Å²) < 4.78 is 38.2. The lowest BCUT2D eigenvalue weighted by molar-refractivity contribution is -0.137. The molecule has 0 spiro atoms. The number of nitrogens with zero attached hydrogens (tertiary/aromatic N) is 1. The third-order valence-electron chi connectivity index (χ3n) is 4.30. The molecule has 0 aromatic heterocycles. The maximum atomic E-state index is 12.7. The summed E-state index contributed by atoms with van der Waals surface area (Å²) in [5.41, 5.74) is 6.43. The first-order valence-electron chi connectivity index (χ1n) is 6.98. The van der Waals surface area contributed by atoms with Gasteiger partial charge in [0.1, 0.15) is 0 Å². The van der Waals surface area contributed by atoms with Crippen LogP contribution in [0.1, 0.15) is 31.4 Å². The standard InChI is InChI=1S/C15H21F3N2/c1-10-5-6-20(9-11(10)2)14-4-3-13(15(16,17)18)7-12(14)8-19/h3-4,7,10-11H,5-6,8-9,19H2,1-2H3. The molecule has 1 aliphatic rings. The Morgan fingerprint density at radius 3 is 2.50 bits per heavy atom. The Morgan fingerprint density at radius 2 is 1.95 bits per heavy atom. The van der Waals surface area contributed by atoms with Gasteiger partial charge in [0, 0.05) is 25.3 Å². The SMILES string of the molecule is CC1CCN(c2ccc(C(F)(F)F)cc2CN)CC1C. The van der Waals surface area contributed by atoms with Gasteiger partial charge in [0.25, 0.3) is 0 Å². The summed E-state index contributed by atoms with van der Waals surface area (Å²) in [6.07, 6.45) is -3.25. The number of piperidine rings is 1. The summed E-state index contributed by atoms with van der Waals surface area (Å²) in [7, 11) is 0. The molecule has 2 nitrogen and oxygen atoms in total. The Labute approximate surface area is 117 Å². The number of alkyl halides is 3. The van der Waals surface area contributed by atoms with Crippen molar-refractivity contribution in [2.24, 2.45) is 17.6 Å². The van der Waals surface area contributed by atoms with E-state index in [9.17, 15) is 13.2 Å². The molecule has 0 bridgehead atoms. The lowest BCUT2D eigenvalue weighted by Crippen LogP contribution is -2.39. The lowest BCUT2D eigenvalue weighted by atomic mass is 9.88. The fraction of sp³-hybridized carbons (Fsp3) is 0.600. The van der Waals surface area contributed by atoms with Crippen molar-refractivity contribution in [2.45, 2.75) is 33.0 Å². The summed E-state index contributed by atoms with van der Waals surface area (Å²) in [5, 5.41) is 0. The van der Waals surface area contributed by atoms with E-state index in [1.807, 2.05) is 0 Å². The Hall–Kier alpha value is -1.23. The second-order valence-electron chi connectivity index (χ2n) is 5.73. The molecule has 112 valence electrons. The molecular formula is C15H21F3N2. The summed E-state index contributed by atoms with van der Waals surface area (Å²) in [5.74, 6) is 1.19. The molecule has 1 saturated heterocycles. The number of rotatable bonds is 2. The van der Waals surface area contributed by atoms with E-state index in [0.717, 1.165) is 31.3 Å². The maximum absolute atomic E-state index is 12.7. The number of halogens is 3. The van der Waals surface area contributed by atoms with E-state index in [1.54, 1.807) is 6.07 Å². The van der Waals surface area contributed by atoms with E-state index < -0.39 is 11.7 Å². The van der Waals surface area contributed by atoms with Crippen molar-refractivity contribution in [3.63, 3.8) is 0 Å². The predicted octanol–water partition coefficient (Wildman–Crippen LogP) is 3.65. The second kappa shape index (κ2) is 5.64. The highest BCUT2D eigenvalue weighted by Gasteiger charge is 2.32. The summed E-state index contributed by atoms with van der Waals surface area (Å²) >= 11 is 0. The minimum atomic E-state index is -4.31. The van der Waals surface area contributed by atoms with Gasteiger partial charge in [0.2, 0.25) is 0 Å². The number of hydrogen-bond acceptors (Lipinski definition) is 2. The molecule has 0 saturated carbocycles. The van der Waals surface area contributed by atoms with Crippen molar-refractivity contribution in [3.05, 3.63) is 29.3 Å². The van der Waals surface area contributed by atoms with Gasteiger partial charge < -0.3 is 10.6 Å². The van der Waals surface area contributed by atoms with Crippen LogP contribution in [0.3, 0.4) is 0 Å². The van der Waals surface area contributed by atoms with Crippen molar-refractivity contribution in [1.82, 2.24) is 0 Å². The molecule has 20 heavy (non-hydrogen) atoms. The second-order valence-corrected chi connectivity index (χ2v) is 5.73. The van der Waals surface area contributed by atoms with Gasteiger partial charge in [-0.15, -0.1) is 0 Å². The molecule has 1 aromatic rings. The monoisotopic (exact) mass is 286 g/mol. The van der Waals surface area contributed by atoms with Crippen LogP contribution in [-0.2, 0) is 12.7 Å². The largest absolute Gasteiger partial charge is 0.416 e. The molecule has 0 amide bonds. The molecule has 1 aliphatic heterocycles. The molecule has 2 atom stereocenters. The van der Waals surface area contributed by atoms with Gasteiger partial charge in [-0.05, 0) is 42.0 Å². The fourth-order valence-electron chi connectivity index (χ4n) is 2.72. The molecule has 1 heterocycles. The van der Waals surface area contributed by atoms with Gasteiger partial charge in [-0.3, -0.25) is 0 Å². The zero-order chi connectivity index (χ0) is 14.9. The molecule has 0 aliphatic carbocycles. The zero-order valence-electron chi connectivity index (χ0n) is 11.9. The van der Waals surface area contributed by atoms with Crippen LogP contribution in [0.4, 0.5) is 18.9 Å². The summed E-state index contributed by atoms with van der Waals surface area (Å²) in [6.45, 7) is 6.28. The predicted molar refractivity (Wildman–Crippen MR) is 74.5 cm³/mol. The van der Waals surface area contributed by atoms with Gasteiger partial charge in [-0.25, -0.2) is 0 Å². The number of nitrogens with two attached hydrogens (primary N) is 1. The fourth-order valence-corrected chi connectivity index (χ4v) is 2.72. The third-order valence-corrected chi connectivity index (χ3v) is 4.30. The minimum absolute atomic E-state index is 0.125. The molecule has 1 fully saturated rings. The molecular weight excluding hydrogens is 265 g/mol. The van der Waals surface area contributed by atoms with Gasteiger partial charge in [0.15, 0.2) is 0 Å². The van der Waals surface area contributed by atoms with E-state index >= 15 is 0 Å². The Kier molecular flexibility index (Phi) is 4.28. The van der Waals surface area contributed by atoms with Crippen LogP contribution in [0, 0.1) is 11.8 Å². The maximum Gasteiger partial charge on any atom is 0.416 e. The van der Waals surface area contributed by atoms with E-state index in [1.165, 1.54) is 6.07 Å². The van der Waals surface area contributed by atoms with Gasteiger partial charge in [-0.2, -0.15) is 13.2 Å². The van der Waals surface area contributed by atoms with E-state index in [0.29, 0.717) is 17.4 Å². The van der Waals surface area contributed by atoms with Crippen LogP contribution in [0.5, 0.6) is 0 Å². The first kappa shape index (κ1) is 15.2. The van der Waals surface area contributed by atoms with Gasteiger partial charge >= 0.3 is 6.18 Å². The first-order chi connectivity index (χ1) is 9.32. The van der Waals surface area contributed by atoms with Crippen molar-refractivity contribution >= 4 is 5.69 Å². The minimum Gasteiger partial charge on any atom is -0.371 e. The van der Waals surface area contributed by atoms with Gasteiger partial charge in [0.05, 0.1) is 5.56 Å². The van der Waals surface area contributed by atoms with Crippen LogP contribution in [-0.4, -0.2) is 13.1 Å².